The van der Waals surface area contributed by atoms with Gasteiger partial charge in [0.1, 0.15) is 16.0 Å². The third kappa shape index (κ3) is 3.31. The topological polar surface area (TPSA) is 92.2 Å². The molecule has 9 heteroatoms. The molecule has 1 fully saturated rings. The first-order valence-electron chi connectivity index (χ1n) is 6.24. The minimum atomic E-state index is -0.695. The SMILES string of the molecule is NC1=NC(=Nc2ccc(Br)cc2)N=C2NC(=O)CCC12Br.[Br-]. The quantitative estimate of drug-likeness (QED) is 0.505. The number of rotatable bonds is 1. The molecule has 1 saturated heterocycles. The molecule has 1 unspecified atom stereocenters. The predicted octanol–water partition coefficient (Wildman–Crippen LogP) is -0.746. The number of hydrogen-bond acceptors (Lipinski definition) is 3. The van der Waals surface area contributed by atoms with Crippen molar-refractivity contribution >= 4 is 61.1 Å². The van der Waals surface area contributed by atoms with Crippen molar-refractivity contribution in [3.8, 4) is 0 Å². The molecular formula is C13H11Br3N5O-. The maximum Gasteiger partial charge on any atom is 0.253 e. The van der Waals surface area contributed by atoms with E-state index in [4.69, 9.17) is 5.73 Å². The molecule has 0 spiro atoms. The largest absolute Gasteiger partial charge is 1.00 e. The molecule has 1 amide bonds. The Labute approximate surface area is 154 Å². The van der Waals surface area contributed by atoms with Gasteiger partial charge >= 0.3 is 0 Å². The second-order valence-corrected chi connectivity index (χ2v) is 6.96. The van der Waals surface area contributed by atoms with Crippen LogP contribution in [0.3, 0.4) is 0 Å². The zero-order valence-electron chi connectivity index (χ0n) is 11.2. The number of nitrogens with two attached hydrogens (primary N) is 1. The lowest BCUT2D eigenvalue weighted by atomic mass is 9.95. The van der Waals surface area contributed by atoms with Gasteiger partial charge in [0.2, 0.25) is 5.91 Å². The molecule has 22 heavy (non-hydrogen) atoms. The zero-order valence-corrected chi connectivity index (χ0v) is 15.9. The standard InChI is InChI=1S/C13H11Br2N5O.BrH/c14-7-1-3-8(4-2-7)17-12-19-10(16)13(15)6-5-9(21)18-11(13)20-12;/h1-4H,5-6H2,(H3,16,17,18,19,20,21);1H/p-1. The summed E-state index contributed by atoms with van der Waals surface area (Å²) in [4.78, 5) is 24.4. The predicted molar refractivity (Wildman–Crippen MR) is 89.3 cm³/mol. The summed E-state index contributed by atoms with van der Waals surface area (Å²) in [5.41, 5.74) is 6.73. The molecule has 2 aliphatic rings. The van der Waals surface area contributed by atoms with E-state index in [-0.39, 0.29) is 28.8 Å². The second-order valence-electron chi connectivity index (χ2n) is 4.70. The van der Waals surface area contributed by atoms with Crippen LogP contribution >= 0.6 is 31.9 Å². The third-order valence-corrected chi connectivity index (χ3v) is 4.93. The molecule has 0 aromatic heterocycles. The van der Waals surface area contributed by atoms with E-state index in [0.29, 0.717) is 30.2 Å². The Kier molecular flexibility index (Phi) is 5.18. The van der Waals surface area contributed by atoms with Crippen molar-refractivity contribution in [2.24, 2.45) is 20.7 Å². The number of hydrogen-bond donors (Lipinski definition) is 2. The molecule has 1 aromatic rings. The molecule has 0 radical (unpaired) electrons. The van der Waals surface area contributed by atoms with Crippen molar-refractivity contribution in [1.82, 2.24) is 5.32 Å². The van der Waals surface area contributed by atoms with Gasteiger partial charge in [0.25, 0.3) is 5.96 Å². The van der Waals surface area contributed by atoms with Crippen LogP contribution in [0.1, 0.15) is 12.8 Å². The zero-order chi connectivity index (χ0) is 15.0. The molecule has 0 saturated carbocycles. The van der Waals surface area contributed by atoms with Crippen LogP contribution < -0.4 is 28.0 Å². The van der Waals surface area contributed by atoms with E-state index in [0.717, 1.165) is 4.47 Å². The molecule has 3 N–H and O–H groups in total. The number of amidine groups is 2. The summed E-state index contributed by atoms with van der Waals surface area (Å²) in [6.45, 7) is 0. The molecule has 2 heterocycles. The number of guanidine groups is 1. The summed E-state index contributed by atoms with van der Waals surface area (Å²) in [5.74, 6) is 0.939. The summed E-state index contributed by atoms with van der Waals surface area (Å²) in [5, 5.41) is 2.73. The van der Waals surface area contributed by atoms with Crippen LogP contribution in [0.2, 0.25) is 0 Å². The number of nitrogens with one attached hydrogen (secondary N) is 1. The molecular weight excluding hydrogens is 482 g/mol. The van der Waals surface area contributed by atoms with Gasteiger partial charge in [-0.15, -0.1) is 0 Å². The molecule has 1 atom stereocenters. The molecule has 2 aliphatic heterocycles. The number of fused-ring (bicyclic) bond motifs is 1. The first-order valence-corrected chi connectivity index (χ1v) is 7.83. The lowest BCUT2D eigenvalue weighted by molar-refractivity contribution is -0.120. The fraction of sp³-hybridized carbons (Fsp3) is 0.231. The van der Waals surface area contributed by atoms with Gasteiger partial charge in [-0.2, -0.15) is 9.98 Å². The van der Waals surface area contributed by atoms with Crippen LogP contribution in [0.25, 0.3) is 0 Å². The summed E-state index contributed by atoms with van der Waals surface area (Å²) in [7, 11) is 0. The summed E-state index contributed by atoms with van der Waals surface area (Å²) >= 11 is 6.89. The number of alkyl halides is 1. The van der Waals surface area contributed by atoms with Gasteiger partial charge < -0.3 is 28.0 Å². The number of piperidine rings is 1. The Hall–Kier alpha value is -1.06. The number of carbonyl (C=O) groups is 1. The van der Waals surface area contributed by atoms with E-state index in [1.54, 1.807) is 0 Å². The Morgan fingerprint density at radius 3 is 2.64 bits per heavy atom. The fourth-order valence-electron chi connectivity index (χ4n) is 2.07. The van der Waals surface area contributed by atoms with Crippen LogP contribution in [0.4, 0.5) is 5.69 Å². The van der Waals surface area contributed by atoms with Crippen LogP contribution in [-0.4, -0.2) is 27.9 Å². The number of halogens is 3. The average molecular weight is 493 g/mol. The number of aliphatic imine (C=N–C) groups is 3. The van der Waals surface area contributed by atoms with Gasteiger partial charge in [0.05, 0.1) is 5.69 Å². The monoisotopic (exact) mass is 490 g/mol. The van der Waals surface area contributed by atoms with Crippen molar-refractivity contribution < 1.29 is 21.8 Å². The lowest BCUT2D eigenvalue weighted by Crippen LogP contribution is -3.00. The van der Waals surface area contributed by atoms with Gasteiger partial charge in [-0.1, -0.05) is 31.9 Å². The van der Waals surface area contributed by atoms with Crippen LogP contribution in [0.15, 0.2) is 43.7 Å². The van der Waals surface area contributed by atoms with Crippen molar-refractivity contribution in [3.63, 3.8) is 0 Å². The van der Waals surface area contributed by atoms with Gasteiger partial charge in [0, 0.05) is 10.9 Å². The Morgan fingerprint density at radius 1 is 1.27 bits per heavy atom. The highest BCUT2D eigenvalue weighted by atomic mass is 79.9. The van der Waals surface area contributed by atoms with Crippen molar-refractivity contribution in [3.05, 3.63) is 28.7 Å². The molecule has 6 nitrogen and oxygen atoms in total. The number of amides is 1. The highest BCUT2D eigenvalue weighted by Gasteiger charge is 2.44. The van der Waals surface area contributed by atoms with E-state index in [2.05, 4.69) is 52.2 Å². The lowest BCUT2D eigenvalue weighted by Gasteiger charge is -2.34. The van der Waals surface area contributed by atoms with Crippen molar-refractivity contribution in [2.75, 3.05) is 0 Å². The number of nitrogens with zero attached hydrogens (tertiary/aromatic N) is 3. The Balaban J connectivity index is 0.00000176. The van der Waals surface area contributed by atoms with Gasteiger partial charge in [-0.05, 0) is 30.7 Å². The van der Waals surface area contributed by atoms with E-state index in [1.807, 2.05) is 24.3 Å². The molecule has 1 aromatic carbocycles. The molecule has 0 bridgehead atoms. The van der Waals surface area contributed by atoms with E-state index >= 15 is 0 Å². The van der Waals surface area contributed by atoms with Crippen molar-refractivity contribution in [2.45, 2.75) is 17.2 Å². The van der Waals surface area contributed by atoms with Crippen LogP contribution in [0.5, 0.6) is 0 Å². The minimum Gasteiger partial charge on any atom is -1.00 e. The molecule has 116 valence electrons. The highest BCUT2D eigenvalue weighted by Crippen LogP contribution is 2.31. The van der Waals surface area contributed by atoms with E-state index < -0.39 is 4.32 Å². The number of benzene rings is 1. The van der Waals surface area contributed by atoms with Gasteiger partial charge in [0.15, 0.2) is 0 Å². The third-order valence-electron chi connectivity index (χ3n) is 3.22. The summed E-state index contributed by atoms with van der Waals surface area (Å²) in [6, 6.07) is 7.41. The average Bonchev–Trinajstić information content (AvgIpc) is 2.44. The Bertz CT molecular complexity index is 698. The first kappa shape index (κ1) is 17.3. The van der Waals surface area contributed by atoms with Crippen LogP contribution in [-0.2, 0) is 4.79 Å². The van der Waals surface area contributed by atoms with Gasteiger partial charge in [-0.25, -0.2) is 4.99 Å². The fourth-order valence-corrected chi connectivity index (χ4v) is 2.81. The smallest absolute Gasteiger partial charge is 0.253 e. The number of carbonyl (C=O) groups excluding carboxylic acids is 1. The highest BCUT2D eigenvalue weighted by molar-refractivity contribution is 9.10. The first-order chi connectivity index (χ1) is 9.97. The maximum absolute atomic E-state index is 11.5. The van der Waals surface area contributed by atoms with E-state index in [1.165, 1.54) is 0 Å². The van der Waals surface area contributed by atoms with Crippen molar-refractivity contribution in [1.29, 1.82) is 0 Å². The van der Waals surface area contributed by atoms with E-state index in [9.17, 15) is 4.79 Å². The minimum absolute atomic E-state index is 0. The molecule has 3 rings (SSSR count). The molecule has 0 aliphatic carbocycles. The van der Waals surface area contributed by atoms with Gasteiger partial charge in [-0.3, -0.25) is 4.79 Å². The maximum atomic E-state index is 11.5. The second kappa shape index (κ2) is 6.59. The Morgan fingerprint density at radius 2 is 1.95 bits per heavy atom. The summed E-state index contributed by atoms with van der Waals surface area (Å²) < 4.78 is 0.267. The normalized spacial score (nSPS) is 25.5. The summed E-state index contributed by atoms with van der Waals surface area (Å²) in [6.07, 6.45) is 0.901. The van der Waals surface area contributed by atoms with Crippen LogP contribution in [0, 0.1) is 0 Å².